The molecule has 0 bridgehead atoms. The fraction of sp³-hybridized carbons (Fsp3) is 0.148. The van der Waals surface area contributed by atoms with Gasteiger partial charge in [-0.3, -0.25) is 9.59 Å². The van der Waals surface area contributed by atoms with E-state index in [0.717, 1.165) is 10.5 Å². The number of urea groups is 1. The molecule has 1 heterocycles. The first-order valence-electron chi connectivity index (χ1n) is 11.3. The standard InChI is InChI=1S/C27H23BrClN3O6/c1-36-22-6-4-3-5-20(22)30-25(33)14-32-26(34)21(31-27(32)35)11-17-12-23(37-2)24(13-19(17)28)38-15-16-7-9-18(29)10-8-16/h3-13H,14-15H2,1-2H3,(H,30,33)(H,31,35)/b21-11+. The van der Waals surface area contributed by atoms with Crippen LogP contribution in [-0.4, -0.2) is 43.5 Å². The van der Waals surface area contributed by atoms with E-state index >= 15 is 0 Å². The maximum Gasteiger partial charge on any atom is 0.329 e. The Labute approximate surface area is 232 Å². The van der Waals surface area contributed by atoms with Crippen molar-refractivity contribution in [3.8, 4) is 17.2 Å². The number of hydrogen-bond donors (Lipinski definition) is 2. The lowest BCUT2D eigenvalue weighted by atomic mass is 10.1. The number of rotatable bonds is 9. The number of methoxy groups -OCH3 is 2. The topological polar surface area (TPSA) is 106 Å². The van der Waals surface area contributed by atoms with Crippen LogP contribution < -0.4 is 24.8 Å². The minimum atomic E-state index is -0.706. The van der Waals surface area contributed by atoms with E-state index in [9.17, 15) is 14.4 Å². The van der Waals surface area contributed by atoms with Crippen LogP contribution in [0.5, 0.6) is 17.2 Å². The van der Waals surface area contributed by atoms with E-state index in [2.05, 4.69) is 26.6 Å². The van der Waals surface area contributed by atoms with E-state index < -0.39 is 24.4 Å². The molecule has 11 heteroatoms. The minimum Gasteiger partial charge on any atom is -0.495 e. The van der Waals surface area contributed by atoms with Crippen LogP contribution in [-0.2, 0) is 16.2 Å². The maximum absolute atomic E-state index is 12.9. The number of para-hydroxylation sites is 2. The molecule has 0 spiro atoms. The molecular weight excluding hydrogens is 578 g/mol. The maximum atomic E-state index is 12.9. The van der Waals surface area contributed by atoms with E-state index in [0.29, 0.717) is 44.6 Å². The number of halogens is 2. The van der Waals surface area contributed by atoms with Gasteiger partial charge in [-0.25, -0.2) is 9.69 Å². The number of benzene rings is 3. The van der Waals surface area contributed by atoms with Gasteiger partial charge in [-0.2, -0.15) is 0 Å². The van der Waals surface area contributed by atoms with Gasteiger partial charge in [0.2, 0.25) is 5.91 Å². The van der Waals surface area contributed by atoms with Crippen molar-refractivity contribution >= 4 is 57.1 Å². The van der Waals surface area contributed by atoms with E-state index in [1.54, 1.807) is 48.5 Å². The zero-order valence-corrected chi connectivity index (χ0v) is 22.8. The normalized spacial score (nSPS) is 13.9. The molecule has 0 aromatic heterocycles. The van der Waals surface area contributed by atoms with Gasteiger partial charge in [0, 0.05) is 9.50 Å². The van der Waals surface area contributed by atoms with Crippen LogP contribution in [0.3, 0.4) is 0 Å². The van der Waals surface area contributed by atoms with Gasteiger partial charge in [0.1, 0.15) is 24.6 Å². The fourth-order valence-electron chi connectivity index (χ4n) is 3.63. The third-order valence-corrected chi connectivity index (χ3v) is 6.47. The van der Waals surface area contributed by atoms with Gasteiger partial charge in [0.15, 0.2) is 11.5 Å². The molecular formula is C27H23BrClN3O6. The zero-order valence-electron chi connectivity index (χ0n) is 20.4. The molecule has 1 aliphatic rings. The Morgan fingerprint density at radius 2 is 1.74 bits per heavy atom. The molecule has 1 aliphatic heterocycles. The molecule has 4 rings (SSSR count). The Kier molecular flexibility index (Phi) is 8.55. The molecule has 38 heavy (non-hydrogen) atoms. The Balaban J connectivity index is 1.47. The van der Waals surface area contributed by atoms with Gasteiger partial charge in [0.25, 0.3) is 5.91 Å². The van der Waals surface area contributed by atoms with Gasteiger partial charge in [-0.1, -0.05) is 51.8 Å². The smallest absolute Gasteiger partial charge is 0.329 e. The lowest BCUT2D eigenvalue weighted by molar-refractivity contribution is -0.127. The van der Waals surface area contributed by atoms with Crippen LogP contribution >= 0.6 is 27.5 Å². The Bertz CT molecular complexity index is 1410. The highest BCUT2D eigenvalue weighted by atomic mass is 79.9. The second-order valence-corrected chi connectivity index (χ2v) is 9.36. The van der Waals surface area contributed by atoms with Crippen LogP contribution in [0.1, 0.15) is 11.1 Å². The number of carbonyl (C=O) groups is 3. The molecule has 3 aromatic rings. The highest BCUT2D eigenvalue weighted by molar-refractivity contribution is 9.10. The van der Waals surface area contributed by atoms with Crippen molar-refractivity contribution in [2.75, 3.05) is 26.1 Å². The molecule has 0 radical (unpaired) electrons. The van der Waals surface area contributed by atoms with E-state index in [1.165, 1.54) is 20.3 Å². The highest BCUT2D eigenvalue weighted by Gasteiger charge is 2.35. The largest absolute Gasteiger partial charge is 0.495 e. The molecule has 3 aromatic carbocycles. The number of nitrogens with one attached hydrogen (secondary N) is 2. The van der Waals surface area contributed by atoms with E-state index in [-0.39, 0.29) is 5.70 Å². The zero-order chi connectivity index (χ0) is 27.2. The summed E-state index contributed by atoms with van der Waals surface area (Å²) >= 11 is 9.42. The second-order valence-electron chi connectivity index (χ2n) is 8.07. The lowest BCUT2D eigenvalue weighted by Crippen LogP contribution is -2.38. The third kappa shape index (κ3) is 6.27. The summed E-state index contributed by atoms with van der Waals surface area (Å²) in [7, 11) is 2.98. The van der Waals surface area contributed by atoms with Crippen molar-refractivity contribution in [3.63, 3.8) is 0 Å². The van der Waals surface area contributed by atoms with Crippen molar-refractivity contribution in [2.45, 2.75) is 6.61 Å². The van der Waals surface area contributed by atoms with Crippen LogP contribution in [0.4, 0.5) is 10.5 Å². The molecule has 2 N–H and O–H groups in total. The Morgan fingerprint density at radius 3 is 2.45 bits per heavy atom. The second kappa shape index (κ2) is 12.0. The number of nitrogens with zero attached hydrogens (tertiary/aromatic N) is 1. The number of hydrogen-bond acceptors (Lipinski definition) is 6. The summed E-state index contributed by atoms with van der Waals surface area (Å²) in [6.45, 7) is -0.178. The fourth-order valence-corrected chi connectivity index (χ4v) is 4.19. The molecule has 0 saturated carbocycles. The molecule has 9 nitrogen and oxygen atoms in total. The van der Waals surface area contributed by atoms with Crippen molar-refractivity contribution in [3.05, 3.63) is 87.0 Å². The van der Waals surface area contributed by atoms with Crippen LogP contribution in [0.2, 0.25) is 5.02 Å². The quantitative estimate of drug-likeness (QED) is 0.257. The number of anilines is 1. The average molecular weight is 601 g/mol. The van der Waals surface area contributed by atoms with Crippen LogP contribution in [0.25, 0.3) is 6.08 Å². The van der Waals surface area contributed by atoms with Crippen LogP contribution in [0.15, 0.2) is 70.8 Å². The summed E-state index contributed by atoms with van der Waals surface area (Å²) in [5, 5.41) is 5.80. The Hall–Kier alpha value is -4.02. The first-order chi connectivity index (χ1) is 18.3. The number of ether oxygens (including phenoxy) is 3. The molecule has 0 unspecified atom stereocenters. The van der Waals surface area contributed by atoms with Crippen LogP contribution in [0, 0.1) is 0 Å². The van der Waals surface area contributed by atoms with Crippen molar-refractivity contribution in [1.29, 1.82) is 0 Å². The molecule has 0 aliphatic carbocycles. The van der Waals surface area contributed by atoms with Gasteiger partial charge < -0.3 is 24.8 Å². The van der Waals surface area contributed by atoms with Crippen molar-refractivity contribution < 1.29 is 28.6 Å². The number of imide groups is 1. The predicted octanol–water partition coefficient (Wildman–Crippen LogP) is 5.23. The van der Waals surface area contributed by atoms with E-state index in [4.69, 9.17) is 25.8 Å². The SMILES string of the molecule is COc1ccccc1NC(=O)CN1C(=O)N/C(=C/c2cc(OC)c(OCc3ccc(Cl)cc3)cc2Br)C1=O. The van der Waals surface area contributed by atoms with E-state index in [1.807, 2.05) is 12.1 Å². The van der Waals surface area contributed by atoms with Gasteiger partial charge in [-0.05, 0) is 53.6 Å². The minimum absolute atomic E-state index is 0.0117. The summed E-state index contributed by atoms with van der Waals surface area (Å²) in [6.07, 6.45) is 1.49. The number of amides is 4. The highest BCUT2D eigenvalue weighted by Crippen LogP contribution is 2.35. The van der Waals surface area contributed by atoms with Gasteiger partial charge in [0.05, 0.1) is 19.9 Å². The third-order valence-electron chi connectivity index (χ3n) is 5.54. The van der Waals surface area contributed by atoms with Crippen molar-refractivity contribution in [1.82, 2.24) is 10.2 Å². The number of carbonyl (C=O) groups excluding carboxylic acids is 3. The average Bonchev–Trinajstić information content (AvgIpc) is 3.17. The Morgan fingerprint density at radius 1 is 1.03 bits per heavy atom. The summed E-state index contributed by atoms with van der Waals surface area (Å²) in [4.78, 5) is 38.8. The predicted molar refractivity (Wildman–Crippen MR) is 146 cm³/mol. The molecule has 196 valence electrons. The first-order valence-corrected chi connectivity index (χ1v) is 12.5. The molecule has 1 saturated heterocycles. The van der Waals surface area contributed by atoms with Crippen molar-refractivity contribution in [2.24, 2.45) is 0 Å². The summed E-state index contributed by atoms with van der Waals surface area (Å²) < 4.78 is 17.2. The lowest BCUT2D eigenvalue weighted by Gasteiger charge is -2.14. The van der Waals surface area contributed by atoms with Gasteiger partial charge >= 0.3 is 6.03 Å². The van der Waals surface area contributed by atoms with Gasteiger partial charge in [-0.15, -0.1) is 0 Å². The molecule has 0 atom stereocenters. The monoisotopic (exact) mass is 599 g/mol. The summed E-state index contributed by atoms with van der Waals surface area (Å²) in [5.74, 6) is 0.174. The summed E-state index contributed by atoms with van der Waals surface area (Å²) in [6, 6.07) is 16.8. The molecule has 1 fully saturated rings. The summed E-state index contributed by atoms with van der Waals surface area (Å²) in [5.41, 5.74) is 1.92. The first kappa shape index (κ1) is 27.0. The molecule has 4 amide bonds.